The molecule has 0 spiro atoms. The van der Waals surface area contributed by atoms with Crippen molar-refractivity contribution < 1.29 is 13.2 Å². The summed E-state index contributed by atoms with van der Waals surface area (Å²) in [7, 11) is -3.53. The molecule has 1 N–H and O–H groups in total. The van der Waals surface area contributed by atoms with Crippen LogP contribution in [0.3, 0.4) is 0 Å². The third-order valence-corrected chi connectivity index (χ3v) is 6.25. The summed E-state index contributed by atoms with van der Waals surface area (Å²) in [5.41, 5.74) is 2.06. The van der Waals surface area contributed by atoms with Gasteiger partial charge >= 0.3 is 0 Å². The summed E-state index contributed by atoms with van der Waals surface area (Å²) < 4.78 is 26.9. The Morgan fingerprint density at radius 1 is 1.16 bits per heavy atom. The van der Waals surface area contributed by atoms with Crippen LogP contribution in [0.1, 0.15) is 34.3 Å². The fraction of sp³-hybridized carbons (Fsp3) is 0.333. The Bertz CT molecular complexity index is 860. The molecule has 1 aromatic heterocycles. The lowest BCUT2D eigenvalue weighted by molar-refractivity contribution is 0.0950. The molecule has 0 radical (unpaired) electrons. The highest BCUT2D eigenvalue weighted by Gasteiger charge is 2.28. The fourth-order valence-electron chi connectivity index (χ4n) is 2.86. The minimum absolute atomic E-state index is 0.175. The van der Waals surface area contributed by atoms with Gasteiger partial charge in [-0.3, -0.25) is 9.78 Å². The number of carbonyl (C=O) groups is 1. The first kappa shape index (κ1) is 17.6. The van der Waals surface area contributed by atoms with Gasteiger partial charge in [-0.2, -0.15) is 4.31 Å². The zero-order valence-electron chi connectivity index (χ0n) is 14.1. The Morgan fingerprint density at radius 2 is 1.84 bits per heavy atom. The molecule has 0 atom stereocenters. The molecule has 1 amide bonds. The molecule has 2 aromatic rings. The molecule has 0 bridgehead atoms. The van der Waals surface area contributed by atoms with Crippen LogP contribution in [0.15, 0.2) is 47.6 Å². The number of pyridine rings is 1. The van der Waals surface area contributed by atoms with Crippen LogP contribution in [0.5, 0.6) is 0 Å². The van der Waals surface area contributed by atoms with E-state index in [1.165, 1.54) is 10.4 Å². The average Bonchev–Trinajstić information content (AvgIpc) is 3.16. The summed E-state index contributed by atoms with van der Waals surface area (Å²) >= 11 is 0. The van der Waals surface area contributed by atoms with Crippen LogP contribution in [0.25, 0.3) is 0 Å². The van der Waals surface area contributed by atoms with E-state index in [1.807, 2.05) is 12.1 Å². The highest BCUT2D eigenvalue weighted by atomic mass is 32.2. The Hall–Kier alpha value is -2.25. The summed E-state index contributed by atoms with van der Waals surface area (Å²) in [6, 6.07) is 8.38. The van der Waals surface area contributed by atoms with Crippen molar-refractivity contribution in [2.75, 3.05) is 13.1 Å². The number of nitrogens with one attached hydrogen (secondary N) is 1. The smallest absolute Gasteiger partial charge is 0.251 e. The molecule has 1 aliphatic heterocycles. The van der Waals surface area contributed by atoms with Crippen LogP contribution in [0.4, 0.5) is 0 Å². The topological polar surface area (TPSA) is 79.4 Å². The molecule has 132 valence electrons. The van der Waals surface area contributed by atoms with Gasteiger partial charge in [0.15, 0.2) is 0 Å². The second-order valence-corrected chi connectivity index (χ2v) is 8.06. The normalized spacial score (nSPS) is 15.2. The van der Waals surface area contributed by atoms with Gasteiger partial charge in [0.1, 0.15) is 0 Å². The molecule has 0 unspecified atom stereocenters. The Labute approximate surface area is 147 Å². The summed E-state index contributed by atoms with van der Waals surface area (Å²) in [5, 5.41) is 2.83. The second kappa shape index (κ2) is 7.33. The Morgan fingerprint density at radius 3 is 2.52 bits per heavy atom. The van der Waals surface area contributed by atoms with Crippen LogP contribution in [0, 0.1) is 6.92 Å². The zero-order valence-corrected chi connectivity index (χ0v) is 14.9. The number of hydrogen-bond acceptors (Lipinski definition) is 4. The molecular weight excluding hydrogens is 338 g/mol. The number of aryl methyl sites for hydroxylation is 1. The van der Waals surface area contributed by atoms with Gasteiger partial charge in [-0.05, 0) is 55.2 Å². The van der Waals surface area contributed by atoms with Crippen LogP contribution in [0.2, 0.25) is 0 Å². The minimum atomic E-state index is -3.53. The predicted molar refractivity (Wildman–Crippen MR) is 94.6 cm³/mol. The molecule has 7 heteroatoms. The predicted octanol–water partition coefficient (Wildman–Crippen LogP) is 2.10. The van der Waals surface area contributed by atoms with E-state index in [2.05, 4.69) is 10.3 Å². The van der Waals surface area contributed by atoms with Crippen molar-refractivity contribution in [3.8, 4) is 0 Å². The van der Waals surface area contributed by atoms with Gasteiger partial charge in [-0.1, -0.05) is 6.07 Å². The maximum atomic E-state index is 12.7. The van der Waals surface area contributed by atoms with Crippen molar-refractivity contribution in [3.05, 3.63) is 59.4 Å². The summed E-state index contributed by atoms with van der Waals surface area (Å²) in [4.78, 5) is 16.6. The van der Waals surface area contributed by atoms with Gasteiger partial charge in [0.2, 0.25) is 10.0 Å². The van der Waals surface area contributed by atoms with Gasteiger partial charge in [0.25, 0.3) is 5.91 Å². The van der Waals surface area contributed by atoms with Crippen molar-refractivity contribution in [1.29, 1.82) is 0 Å². The van der Waals surface area contributed by atoms with E-state index in [4.69, 9.17) is 0 Å². The first-order chi connectivity index (χ1) is 12.0. The van der Waals surface area contributed by atoms with Crippen molar-refractivity contribution in [2.45, 2.75) is 31.2 Å². The molecule has 1 saturated heterocycles. The van der Waals surface area contributed by atoms with E-state index in [1.54, 1.807) is 31.5 Å². The quantitative estimate of drug-likeness (QED) is 0.887. The lowest BCUT2D eigenvalue weighted by Gasteiger charge is -2.17. The van der Waals surface area contributed by atoms with Crippen molar-refractivity contribution in [2.24, 2.45) is 0 Å². The lowest BCUT2D eigenvalue weighted by Crippen LogP contribution is -2.29. The molecule has 25 heavy (non-hydrogen) atoms. The minimum Gasteiger partial charge on any atom is -0.348 e. The monoisotopic (exact) mass is 359 g/mol. The first-order valence-electron chi connectivity index (χ1n) is 8.26. The van der Waals surface area contributed by atoms with Crippen LogP contribution in [-0.2, 0) is 16.6 Å². The first-order valence-corrected chi connectivity index (χ1v) is 9.70. The Kier molecular flexibility index (Phi) is 5.15. The molecule has 0 saturated carbocycles. The Balaban J connectivity index is 1.80. The van der Waals surface area contributed by atoms with E-state index in [0.717, 1.165) is 24.0 Å². The fourth-order valence-corrected chi connectivity index (χ4v) is 4.41. The highest BCUT2D eigenvalue weighted by Crippen LogP contribution is 2.23. The average molecular weight is 359 g/mol. The van der Waals surface area contributed by atoms with E-state index in [0.29, 0.717) is 25.2 Å². The van der Waals surface area contributed by atoms with E-state index >= 15 is 0 Å². The number of aromatic nitrogens is 1. The third-order valence-electron chi connectivity index (χ3n) is 4.36. The number of amides is 1. The van der Waals surface area contributed by atoms with Gasteiger partial charge < -0.3 is 5.32 Å². The molecule has 2 heterocycles. The SMILES string of the molecule is Cc1ccc(S(=O)(=O)N2CCCC2)cc1C(=O)NCc1ccncc1. The summed E-state index contributed by atoms with van der Waals surface area (Å²) in [6.07, 6.45) is 5.08. The van der Waals surface area contributed by atoms with Crippen LogP contribution < -0.4 is 5.32 Å². The molecule has 1 aliphatic rings. The van der Waals surface area contributed by atoms with Crippen LogP contribution >= 0.6 is 0 Å². The zero-order chi connectivity index (χ0) is 17.9. The molecule has 0 aliphatic carbocycles. The summed E-state index contributed by atoms with van der Waals surface area (Å²) in [6.45, 7) is 3.25. The number of hydrogen-bond donors (Lipinski definition) is 1. The second-order valence-electron chi connectivity index (χ2n) is 6.13. The molecule has 3 rings (SSSR count). The van der Waals surface area contributed by atoms with E-state index < -0.39 is 10.0 Å². The number of rotatable bonds is 5. The highest BCUT2D eigenvalue weighted by molar-refractivity contribution is 7.89. The van der Waals surface area contributed by atoms with Gasteiger partial charge in [-0.25, -0.2) is 8.42 Å². The number of sulfonamides is 1. The van der Waals surface area contributed by atoms with E-state index in [-0.39, 0.29) is 10.8 Å². The number of nitrogens with zero attached hydrogens (tertiary/aromatic N) is 2. The number of carbonyl (C=O) groups excluding carboxylic acids is 1. The molecule has 1 aromatic carbocycles. The van der Waals surface area contributed by atoms with Crippen LogP contribution in [-0.4, -0.2) is 36.7 Å². The van der Waals surface area contributed by atoms with Gasteiger partial charge in [0.05, 0.1) is 4.90 Å². The molecule has 6 nitrogen and oxygen atoms in total. The van der Waals surface area contributed by atoms with Crippen molar-refractivity contribution in [3.63, 3.8) is 0 Å². The molecular formula is C18H21N3O3S. The third kappa shape index (κ3) is 3.88. The maximum Gasteiger partial charge on any atom is 0.251 e. The maximum absolute atomic E-state index is 12.7. The number of benzene rings is 1. The summed E-state index contributed by atoms with van der Waals surface area (Å²) in [5.74, 6) is -0.284. The van der Waals surface area contributed by atoms with Gasteiger partial charge in [0, 0.05) is 37.6 Å². The van der Waals surface area contributed by atoms with Gasteiger partial charge in [-0.15, -0.1) is 0 Å². The van der Waals surface area contributed by atoms with E-state index in [9.17, 15) is 13.2 Å². The standard InChI is InChI=1S/C18H21N3O3S/c1-14-4-5-16(25(23,24)21-10-2-3-11-21)12-17(14)18(22)20-13-15-6-8-19-9-7-15/h4-9,12H,2-3,10-11,13H2,1H3,(H,20,22). The van der Waals surface area contributed by atoms with Crippen molar-refractivity contribution in [1.82, 2.24) is 14.6 Å². The largest absolute Gasteiger partial charge is 0.348 e. The molecule has 1 fully saturated rings. The van der Waals surface area contributed by atoms with Crippen molar-refractivity contribution >= 4 is 15.9 Å². The lowest BCUT2D eigenvalue weighted by atomic mass is 10.1.